The molecule has 138 valence electrons. The van der Waals surface area contributed by atoms with Gasteiger partial charge in [0.15, 0.2) is 0 Å². The molecule has 0 saturated heterocycles. The number of benzene rings is 1. The summed E-state index contributed by atoms with van der Waals surface area (Å²) in [6.45, 7) is 1.17. The van der Waals surface area contributed by atoms with Gasteiger partial charge in [-0.2, -0.15) is 0 Å². The first-order valence-electron chi connectivity index (χ1n) is 7.24. The van der Waals surface area contributed by atoms with Crippen LogP contribution in [0.25, 0.3) is 0 Å². The van der Waals surface area contributed by atoms with Gasteiger partial charge in [-0.3, -0.25) is 19.2 Å². The van der Waals surface area contributed by atoms with Crippen LogP contribution in [0, 0.1) is 5.21 Å². The molecule has 0 radical (unpaired) electrons. The van der Waals surface area contributed by atoms with Crippen LogP contribution in [0.1, 0.15) is 22.8 Å². The Balaban J connectivity index is 2.64. The molecule has 0 saturated carbocycles. The maximum Gasteiger partial charge on any atom is 0.245 e. The minimum Gasteiger partial charge on any atom is -0.738 e. The third-order valence-electron chi connectivity index (χ3n) is 3.03. The van der Waals surface area contributed by atoms with Gasteiger partial charge in [0.1, 0.15) is 6.04 Å². The second kappa shape index (κ2) is 10.1. The molecule has 9 nitrogen and oxygen atoms in total. The molecule has 0 aliphatic rings. The molecular weight excluding hydrogens is 350 g/mol. The van der Waals surface area contributed by atoms with Crippen molar-refractivity contribution in [2.24, 2.45) is 0 Å². The van der Waals surface area contributed by atoms with Gasteiger partial charge < -0.3 is 20.6 Å². The van der Waals surface area contributed by atoms with E-state index in [0.29, 0.717) is 11.1 Å². The summed E-state index contributed by atoms with van der Waals surface area (Å²) >= 11 is 0.919. The Hall–Kier alpha value is -1.98. The van der Waals surface area contributed by atoms with E-state index in [9.17, 15) is 19.6 Å². The van der Waals surface area contributed by atoms with Crippen LogP contribution in [0.15, 0.2) is 24.3 Å². The van der Waals surface area contributed by atoms with Crippen molar-refractivity contribution in [2.75, 3.05) is 19.8 Å². The number of thioether (sulfide) groups is 1. The molecule has 1 rings (SSSR count). The number of hydrogen-bond acceptors (Lipinski definition) is 8. The Morgan fingerprint density at radius 3 is 2.36 bits per heavy atom. The largest absolute Gasteiger partial charge is 0.738 e. The van der Waals surface area contributed by atoms with Crippen LogP contribution in [0.2, 0.25) is 0 Å². The van der Waals surface area contributed by atoms with Crippen molar-refractivity contribution in [3.05, 3.63) is 40.6 Å². The third-order valence-corrected chi connectivity index (χ3v) is 4.03. The maximum absolute atomic E-state index is 12.2. The quantitative estimate of drug-likeness (QED) is 0.644. The van der Waals surface area contributed by atoms with Crippen LogP contribution in [0.3, 0.4) is 0 Å². The molecule has 0 unspecified atom stereocenters. The average molecular weight is 370 g/mol. The van der Waals surface area contributed by atoms with E-state index in [-0.39, 0.29) is 29.3 Å². The summed E-state index contributed by atoms with van der Waals surface area (Å²) in [6, 6.07) is 5.45. The molecular formula is C15H20N3O6S-. The molecule has 10 heteroatoms. The average Bonchev–Trinajstić information content (AvgIpc) is 2.55. The maximum atomic E-state index is 12.2. The highest BCUT2D eigenvalue weighted by Crippen LogP contribution is 2.15. The van der Waals surface area contributed by atoms with Gasteiger partial charge >= 0.3 is 0 Å². The van der Waals surface area contributed by atoms with Crippen LogP contribution >= 0.6 is 11.8 Å². The third kappa shape index (κ3) is 7.63. The molecule has 0 aromatic heterocycles. The Morgan fingerprint density at radius 1 is 1.28 bits per heavy atom. The predicted octanol–water partition coefficient (Wildman–Crippen LogP) is 0.774. The lowest BCUT2D eigenvalue weighted by molar-refractivity contribution is -0.312. The zero-order valence-corrected chi connectivity index (χ0v) is 14.9. The molecule has 0 aliphatic heterocycles. The van der Waals surface area contributed by atoms with Gasteiger partial charge in [0.05, 0.1) is 6.61 Å². The van der Waals surface area contributed by atoms with E-state index in [1.165, 1.54) is 11.8 Å². The number of likely N-dealkylation sites (N-methyl/N-ethyl adjacent to an activating group) is 1. The fourth-order valence-corrected chi connectivity index (χ4v) is 2.69. The van der Waals surface area contributed by atoms with Crippen molar-refractivity contribution in [1.82, 2.24) is 15.6 Å². The van der Waals surface area contributed by atoms with E-state index in [2.05, 4.69) is 10.2 Å². The van der Waals surface area contributed by atoms with Crippen molar-refractivity contribution in [3.63, 3.8) is 0 Å². The topological polar surface area (TPSA) is 122 Å². The molecule has 25 heavy (non-hydrogen) atoms. The Morgan fingerprint density at radius 2 is 1.88 bits per heavy atom. The molecule has 2 amide bonds. The normalized spacial score (nSPS) is 11.9. The molecule has 0 fully saturated rings. The number of carbonyl (C=O) groups excluding carboxylic acids is 3. The SMILES string of the molecule is CC(=O)N[C@@H](CSC(=O)c1ccc(CON([O-])O)cc1)C(=O)N(C)C. The molecule has 1 aromatic carbocycles. The van der Waals surface area contributed by atoms with E-state index in [4.69, 9.17) is 5.21 Å². The van der Waals surface area contributed by atoms with Gasteiger partial charge in [0.2, 0.25) is 16.9 Å². The minimum absolute atomic E-state index is 0.107. The molecule has 2 N–H and O–H groups in total. The second-order valence-corrected chi connectivity index (χ2v) is 6.29. The first-order valence-corrected chi connectivity index (χ1v) is 8.22. The zero-order chi connectivity index (χ0) is 19.0. The van der Waals surface area contributed by atoms with Gasteiger partial charge in [0, 0.05) is 32.3 Å². The monoisotopic (exact) mass is 370 g/mol. The summed E-state index contributed by atoms with van der Waals surface area (Å²) < 4.78 is 0. The summed E-state index contributed by atoms with van der Waals surface area (Å²) in [5, 5.41) is 20.2. The van der Waals surface area contributed by atoms with Gasteiger partial charge in [0.25, 0.3) is 0 Å². The number of carbonyl (C=O) groups is 3. The van der Waals surface area contributed by atoms with E-state index in [1.807, 2.05) is 0 Å². The van der Waals surface area contributed by atoms with Crippen LogP contribution in [0.5, 0.6) is 0 Å². The summed E-state index contributed by atoms with van der Waals surface area (Å²) in [7, 11) is 3.14. The molecule has 1 aromatic rings. The van der Waals surface area contributed by atoms with E-state index < -0.39 is 11.4 Å². The number of nitrogens with one attached hydrogen (secondary N) is 1. The van der Waals surface area contributed by atoms with E-state index >= 15 is 0 Å². The van der Waals surface area contributed by atoms with Gasteiger partial charge in [-0.15, -0.1) is 5.39 Å². The summed E-state index contributed by atoms with van der Waals surface area (Å²) in [4.78, 5) is 41.1. The Kier molecular flexibility index (Phi) is 8.52. The van der Waals surface area contributed by atoms with E-state index in [1.54, 1.807) is 38.4 Å². The standard InChI is InChI=1S/C15H20N3O6S/c1-10(19)16-13(14(20)17(2)3)9-25-15(21)12-6-4-11(5-7-12)8-24-18(22)23/h4-7,13,22H,8-9H2,1-3H3,(H,16,19)/q-1/t13-/m0/s1. The summed E-state index contributed by atoms with van der Waals surface area (Å²) in [6.07, 6.45) is 0. The highest BCUT2D eigenvalue weighted by Gasteiger charge is 2.22. The zero-order valence-electron chi connectivity index (χ0n) is 14.1. The fourth-order valence-electron chi connectivity index (χ4n) is 1.84. The Bertz CT molecular complexity index is 606. The fraction of sp³-hybridized carbons (Fsp3) is 0.400. The number of hydrogen-bond donors (Lipinski definition) is 2. The van der Waals surface area contributed by atoms with Crippen molar-refractivity contribution in [2.45, 2.75) is 19.6 Å². The highest BCUT2D eigenvalue weighted by atomic mass is 32.2. The Labute approximate surface area is 149 Å². The lowest BCUT2D eigenvalue weighted by Gasteiger charge is -2.20. The smallest absolute Gasteiger partial charge is 0.245 e. The first kappa shape index (κ1) is 21.1. The van der Waals surface area contributed by atoms with Gasteiger partial charge in [-0.25, -0.2) is 0 Å². The highest BCUT2D eigenvalue weighted by molar-refractivity contribution is 8.14. The number of amides is 2. The molecule has 0 bridgehead atoms. The van der Waals surface area contributed by atoms with Crippen LogP contribution in [-0.4, -0.2) is 58.3 Å². The molecule has 0 aliphatic carbocycles. The lowest BCUT2D eigenvalue weighted by atomic mass is 10.2. The summed E-state index contributed by atoms with van der Waals surface area (Å²) in [5.74, 6) is -0.543. The summed E-state index contributed by atoms with van der Waals surface area (Å²) in [5.41, 5.74) is 0.992. The van der Waals surface area contributed by atoms with Crippen molar-refractivity contribution >= 4 is 28.7 Å². The van der Waals surface area contributed by atoms with Gasteiger partial charge in [-0.1, -0.05) is 36.0 Å². The van der Waals surface area contributed by atoms with Crippen LogP contribution in [-0.2, 0) is 21.0 Å². The predicted molar refractivity (Wildman–Crippen MR) is 91.3 cm³/mol. The van der Waals surface area contributed by atoms with Crippen molar-refractivity contribution in [1.29, 1.82) is 0 Å². The van der Waals surface area contributed by atoms with Crippen LogP contribution < -0.4 is 5.32 Å². The minimum atomic E-state index is -0.790. The number of nitrogens with zero attached hydrogens (tertiary/aromatic N) is 2. The second-order valence-electron chi connectivity index (χ2n) is 5.29. The first-order chi connectivity index (χ1) is 11.7. The lowest BCUT2D eigenvalue weighted by Crippen LogP contribution is -2.47. The molecule has 0 heterocycles. The number of rotatable bonds is 8. The van der Waals surface area contributed by atoms with Crippen molar-refractivity contribution in [3.8, 4) is 0 Å². The van der Waals surface area contributed by atoms with E-state index in [0.717, 1.165) is 11.8 Å². The van der Waals surface area contributed by atoms with Gasteiger partial charge in [-0.05, 0) is 5.56 Å². The molecule has 1 atom stereocenters. The van der Waals surface area contributed by atoms with Crippen LogP contribution in [0.4, 0.5) is 0 Å². The molecule has 0 spiro atoms. The van der Waals surface area contributed by atoms with Crippen molar-refractivity contribution < 1.29 is 24.4 Å².